The van der Waals surface area contributed by atoms with E-state index in [0.717, 1.165) is 0 Å². The van der Waals surface area contributed by atoms with Gasteiger partial charge in [-0.2, -0.15) is 0 Å². The van der Waals surface area contributed by atoms with Crippen LogP contribution >= 0.6 is 0 Å². The number of hydrogen-bond acceptors (Lipinski definition) is 14. The number of ether oxygens (including phenoxy) is 2. The summed E-state index contributed by atoms with van der Waals surface area (Å²) in [5.41, 5.74) is -1.69. The zero-order valence-electron chi connectivity index (χ0n) is 31.8. The van der Waals surface area contributed by atoms with Gasteiger partial charge in [-0.25, -0.2) is 14.4 Å². The van der Waals surface area contributed by atoms with E-state index >= 15 is 0 Å². The van der Waals surface area contributed by atoms with Crippen molar-refractivity contribution < 1.29 is 57.5 Å². The molecule has 15 nitrogen and oxygen atoms in total. The van der Waals surface area contributed by atoms with E-state index in [9.17, 15) is 44.1 Å². The number of benzene rings is 3. The molecule has 0 bridgehead atoms. The van der Waals surface area contributed by atoms with Crippen LogP contribution in [0.4, 0.5) is 0 Å². The Morgan fingerprint density at radius 1 is 0.544 bits per heavy atom. The van der Waals surface area contributed by atoms with Gasteiger partial charge in [-0.05, 0) is 62.6 Å². The Morgan fingerprint density at radius 3 is 1.16 bits per heavy atom. The Hall–Kier alpha value is -6.90. The minimum atomic E-state index is -1.16. The molecule has 0 saturated heterocycles. The fraction of sp³-hybridized carbons (Fsp3) is 0.286. The third-order valence-electron chi connectivity index (χ3n) is 9.08. The summed E-state index contributed by atoms with van der Waals surface area (Å²) in [7, 11) is 1.24. The summed E-state index contributed by atoms with van der Waals surface area (Å²) in [4.78, 5) is 70.4. The van der Waals surface area contributed by atoms with Gasteiger partial charge in [-0.15, -0.1) is 0 Å². The van der Waals surface area contributed by atoms with Crippen LogP contribution in [0.1, 0.15) is 81.4 Å². The van der Waals surface area contributed by atoms with E-state index in [1.807, 2.05) is 0 Å². The van der Waals surface area contributed by atoms with Gasteiger partial charge in [0.2, 0.25) is 0 Å². The zero-order chi connectivity index (χ0) is 42.0. The first kappa shape index (κ1) is 42.8. The molecule has 300 valence electrons. The first-order chi connectivity index (χ1) is 27.2. The van der Waals surface area contributed by atoms with Crippen LogP contribution in [-0.4, -0.2) is 52.1 Å². The number of fused-ring (bicyclic) bond motifs is 3. The maximum Gasteiger partial charge on any atom is 0.344 e. The quantitative estimate of drug-likeness (QED) is 0.0825. The molecule has 0 radical (unpaired) electrons. The number of hydrogen-bond donors (Lipinski definition) is 4. The van der Waals surface area contributed by atoms with Gasteiger partial charge in [0.1, 0.15) is 34.0 Å². The van der Waals surface area contributed by atoms with Crippen LogP contribution in [0, 0.1) is 0 Å². The highest BCUT2D eigenvalue weighted by Crippen LogP contribution is 2.35. The number of carboxylic acid groups (broad SMARTS) is 1. The third-order valence-corrected chi connectivity index (χ3v) is 9.08. The van der Waals surface area contributed by atoms with Crippen molar-refractivity contribution in [3.05, 3.63) is 121 Å². The first-order valence-electron chi connectivity index (χ1n) is 18.0. The smallest absolute Gasteiger partial charge is 0.344 e. The summed E-state index contributed by atoms with van der Waals surface area (Å²) < 4.78 is 24.9. The molecule has 6 rings (SSSR count). The molecule has 6 aromatic rings. The second-order valence-electron chi connectivity index (χ2n) is 12.4. The maximum atomic E-state index is 12.0. The molecule has 0 saturated carbocycles. The van der Waals surface area contributed by atoms with Gasteiger partial charge in [0, 0.05) is 0 Å². The molecular weight excluding hydrogens is 744 g/mol. The van der Waals surface area contributed by atoms with Gasteiger partial charge in [0.15, 0.2) is 0 Å². The van der Waals surface area contributed by atoms with Crippen molar-refractivity contribution in [3.63, 3.8) is 0 Å². The van der Waals surface area contributed by atoms with Gasteiger partial charge in [0.25, 0.3) is 0 Å². The van der Waals surface area contributed by atoms with E-state index in [1.165, 1.54) is 7.11 Å². The molecule has 3 atom stereocenters. The van der Waals surface area contributed by atoms with Crippen molar-refractivity contribution in [2.24, 2.45) is 0 Å². The van der Waals surface area contributed by atoms with Crippen molar-refractivity contribution in [1.82, 2.24) is 0 Å². The molecule has 4 N–H and O–H groups in total. The Morgan fingerprint density at radius 2 is 0.860 bits per heavy atom. The lowest BCUT2D eigenvalue weighted by Crippen LogP contribution is -2.21. The minimum Gasteiger partial charge on any atom is -0.507 e. The summed E-state index contributed by atoms with van der Waals surface area (Å²) >= 11 is 0. The lowest BCUT2D eigenvalue weighted by atomic mass is 9.96. The van der Waals surface area contributed by atoms with E-state index in [4.69, 9.17) is 23.1 Å². The Bertz CT molecular complexity index is 2580. The summed E-state index contributed by atoms with van der Waals surface area (Å²) in [6.07, 6.45) is 0.880. The van der Waals surface area contributed by atoms with Crippen molar-refractivity contribution in [2.75, 3.05) is 13.7 Å². The molecule has 0 aliphatic carbocycles. The SMILES string of the molecule is CCC(C(=O)O)c1c(O)c2ccccc2oc1=O.CCC(C(=O)OC)c1c(O)c2ccccc2oc1=O.CCOC(=O)C(CC)c1c(O)c2ccccc2oc1=O. The number of carbonyl (C=O) groups is 3. The lowest BCUT2D eigenvalue weighted by Gasteiger charge is -2.14. The number of para-hydroxylation sites is 3. The average Bonchev–Trinajstić information content (AvgIpc) is 3.19. The highest BCUT2D eigenvalue weighted by atomic mass is 16.5. The number of methoxy groups -OCH3 is 1. The number of aliphatic carboxylic acids is 1. The van der Waals surface area contributed by atoms with Crippen molar-refractivity contribution >= 4 is 50.8 Å². The minimum absolute atomic E-state index is 0.0374. The number of aromatic hydroxyl groups is 3. The van der Waals surface area contributed by atoms with Crippen LogP contribution < -0.4 is 16.9 Å². The molecule has 3 aromatic carbocycles. The van der Waals surface area contributed by atoms with Gasteiger partial charge in [-0.1, -0.05) is 57.2 Å². The molecule has 3 aromatic heterocycles. The van der Waals surface area contributed by atoms with Gasteiger partial charge >= 0.3 is 34.8 Å². The summed E-state index contributed by atoms with van der Waals surface area (Å²) in [5, 5.41) is 40.8. The molecule has 57 heavy (non-hydrogen) atoms. The monoisotopic (exact) mass is 786 g/mol. The third kappa shape index (κ3) is 9.15. The molecule has 0 aliphatic rings. The number of esters is 2. The topological polar surface area (TPSA) is 241 Å². The van der Waals surface area contributed by atoms with Gasteiger partial charge in [0.05, 0.1) is 64.3 Å². The van der Waals surface area contributed by atoms with E-state index in [2.05, 4.69) is 4.74 Å². The fourth-order valence-corrected chi connectivity index (χ4v) is 6.23. The van der Waals surface area contributed by atoms with Crippen LogP contribution in [0.3, 0.4) is 0 Å². The van der Waals surface area contributed by atoms with Crippen molar-refractivity contribution in [2.45, 2.75) is 64.7 Å². The normalized spacial score (nSPS) is 12.4. The first-order valence-corrected chi connectivity index (χ1v) is 18.0. The Balaban J connectivity index is 0.000000190. The summed E-state index contributed by atoms with van der Waals surface area (Å²) in [6, 6.07) is 19.7. The van der Waals surface area contributed by atoms with E-state index < -0.39 is 52.5 Å². The van der Waals surface area contributed by atoms with Crippen LogP contribution in [-0.2, 0) is 23.9 Å². The predicted molar refractivity (Wildman–Crippen MR) is 208 cm³/mol. The van der Waals surface area contributed by atoms with Crippen LogP contribution in [0.5, 0.6) is 17.2 Å². The summed E-state index contributed by atoms with van der Waals surface area (Å²) in [5.74, 6) is -5.71. The highest BCUT2D eigenvalue weighted by molar-refractivity contribution is 5.89. The molecule has 15 heteroatoms. The molecule has 3 heterocycles. The second kappa shape index (κ2) is 19.1. The van der Waals surface area contributed by atoms with E-state index in [1.54, 1.807) is 100 Å². The van der Waals surface area contributed by atoms with E-state index in [-0.39, 0.29) is 63.7 Å². The molecular formula is C42H42O15. The molecule has 3 unspecified atom stereocenters. The molecule has 0 aliphatic heterocycles. The molecule has 0 fully saturated rings. The van der Waals surface area contributed by atoms with Gasteiger partial charge in [-0.3, -0.25) is 14.4 Å². The number of rotatable bonds is 10. The predicted octanol–water partition coefficient (Wildman–Crippen LogP) is 6.80. The largest absolute Gasteiger partial charge is 0.507 e. The Labute approximate surface area is 324 Å². The molecule has 0 amide bonds. The summed E-state index contributed by atoms with van der Waals surface area (Å²) in [6.45, 7) is 7.01. The van der Waals surface area contributed by atoms with Crippen LogP contribution in [0.15, 0.2) is 100 Å². The standard InChI is InChI=1S/C15H16O5.C14H14O5.C13H12O5/c1-3-9(14(17)19-4-2)12-13(16)10-7-5-6-8-11(10)20-15(12)18;1-3-8(13(16)18-2)11-12(15)9-6-4-5-7-10(9)19-14(11)17;1-2-7(12(15)16)10-11(14)8-5-3-4-6-9(8)18-13(10)17/h5-9,16H,3-4H2,1-2H3;4-8,15H,3H2,1-2H3;3-7,14H,2H2,1H3,(H,15,16). The van der Waals surface area contributed by atoms with Crippen LogP contribution in [0.25, 0.3) is 32.9 Å². The number of carbonyl (C=O) groups excluding carboxylic acids is 2. The second-order valence-corrected chi connectivity index (χ2v) is 12.4. The van der Waals surface area contributed by atoms with Crippen molar-refractivity contribution in [1.29, 1.82) is 0 Å². The molecule has 0 spiro atoms. The van der Waals surface area contributed by atoms with Gasteiger partial charge < -0.3 is 43.2 Å². The average molecular weight is 787 g/mol. The number of carboxylic acids is 1. The highest BCUT2D eigenvalue weighted by Gasteiger charge is 2.30. The zero-order valence-corrected chi connectivity index (χ0v) is 31.8. The maximum absolute atomic E-state index is 12.0. The van der Waals surface area contributed by atoms with E-state index in [0.29, 0.717) is 29.0 Å². The fourth-order valence-electron chi connectivity index (χ4n) is 6.23. The Kier molecular flexibility index (Phi) is 14.4. The van der Waals surface area contributed by atoms with Crippen molar-refractivity contribution in [3.8, 4) is 17.2 Å². The lowest BCUT2D eigenvalue weighted by molar-refractivity contribution is -0.145. The van der Waals surface area contributed by atoms with Crippen LogP contribution in [0.2, 0.25) is 0 Å².